The molecule has 2 saturated carbocycles. The third kappa shape index (κ3) is 2.10. The molecule has 2 N–H and O–H groups in total. The molecule has 0 radical (unpaired) electrons. The third-order valence-corrected chi connectivity index (χ3v) is 4.53. The minimum absolute atomic E-state index is 0.290. The van der Waals surface area contributed by atoms with Crippen LogP contribution in [0.3, 0.4) is 0 Å². The molecular formula is C13H23NO. The molecule has 2 aliphatic carbocycles. The summed E-state index contributed by atoms with van der Waals surface area (Å²) in [6.45, 7) is 2.25. The van der Waals surface area contributed by atoms with Crippen molar-refractivity contribution in [1.82, 2.24) is 0 Å². The molecular weight excluding hydrogens is 186 g/mol. The monoisotopic (exact) mass is 209 g/mol. The van der Waals surface area contributed by atoms with E-state index in [0.29, 0.717) is 5.78 Å². The molecule has 0 aromatic rings. The normalized spacial score (nSPS) is 34.5. The first kappa shape index (κ1) is 11.1. The summed E-state index contributed by atoms with van der Waals surface area (Å²) in [5.74, 6) is 1.53. The lowest BCUT2D eigenvalue weighted by Crippen LogP contribution is -2.56. The Balaban J connectivity index is 1.87. The van der Waals surface area contributed by atoms with Gasteiger partial charge in [0, 0.05) is 5.92 Å². The van der Waals surface area contributed by atoms with Gasteiger partial charge in [0.05, 0.1) is 5.54 Å². The van der Waals surface area contributed by atoms with Crippen molar-refractivity contribution >= 4 is 5.78 Å². The van der Waals surface area contributed by atoms with Crippen LogP contribution < -0.4 is 5.73 Å². The molecule has 2 fully saturated rings. The Kier molecular flexibility index (Phi) is 3.15. The summed E-state index contributed by atoms with van der Waals surface area (Å²) in [6.07, 6.45) is 8.94. The van der Waals surface area contributed by atoms with Gasteiger partial charge in [-0.15, -0.1) is 0 Å². The van der Waals surface area contributed by atoms with Crippen molar-refractivity contribution in [3.8, 4) is 0 Å². The summed E-state index contributed by atoms with van der Waals surface area (Å²) in [5, 5.41) is 0. The van der Waals surface area contributed by atoms with E-state index in [1.54, 1.807) is 0 Å². The van der Waals surface area contributed by atoms with Crippen molar-refractivity contribution < 1.29 is 4.79 Å². The van der Waals surface area contributed by atoms with Gasteiger partial charge in [-0.05, 0) is 50.9 Å². The fourth-order valence-electron chi connectivity index (χ4n) is 3.04. The molecule has 0 bridgehead atoms. The lowest BCUT2D eigenvalue weighted by molar-refractivity contribution is -0.132. The zero-order valence-electron chi connectivity index (χ0n) is 9.80. The van der Waals surface area contributed by atoms with Gasteiger partial charge in [0.25, 0.3) is 0 Å². The molecule has 0 saturated heterocycles. The standard InChI is InChI=1S/C13H23NO/c1-2-10-4-6-11(7-5-10)12(15)13(14)8-3-9-13/h10-11H,2-9,14H2,1H3. The van der Waals surface area contributed by atoms with Crippen molar-refractivity contribution in [3.63, 3.8) is 0 Å². The van der Waals surface area contributed by atoms with E-state index in [2.05, 4.69) is 6.92 Å². The van der Waals surface area contributed by atoms with Crippen LogP contribution in [0.15, 0.2) is 0 Å². The molecule has 0 aliphatic heterocycles. The van der Waals surface area contributed by atoms with Gasteiger partial charge in [-0.3, -0.25) is 4.79 Å². The summed E-state index contributed by atoms with van der Waals surface area (Å²) in [5.41, 5.74) is 5.68. The first-order valence-electron chi connectivity index (χ1n) is 6.49. The maximum Gasteiger partial charge on any atom is 0.155 e. The van der Waals surface area contributed by atoms with E-state index in [4.69, 9.17) is 5.73 Å². The molecule has 0 unspecified atom stereocenters. The van der Waals surface area contributed by atoms with Crippen molar-refractivity contribution in [3.05, 3.63) is 0 Å². The van der Waals surface area contributed by atoms with E-state index in [1.807, 2.05) is 0 Å². The highest BCUT2D eigenvalue weighted by atomic mass is 16.1. The van der Waals surface area contributed by atoms with Gasteiger partial charge in [0.15, 0.2) is 5.78 Å². The molecule has 0 spiro atoms. The van der Waals surface area contributed by atoms with Gasteiger partial charge in [-0.2, -0.15) is 0 Å². The van der Waals surface area contributed by atoms with Crippen LogP contribution in [0.1, 0.15) is 58.3 Å². The molecule has 15 heavy (non-hydrogen) atoms. The average molecular weight is 209 g/mol. The number of ketones is 1. The molecule has 0 amide bonds. The second-order valence-corrected chi connectivity index (χ2v) is 5.50. The van der Waals surface area contributed by atoms with Gasteiger partial charge in [0.2, 0.25) is 0 Å². The van der Waals surface area contributed by atoms with Crippen LogP contribution >= 0.6 is 0 Å². The molecule has 2 heteroatoms. The SMILES string of the molecule is CCC1CCC(C(=O)C2(N)CCC2)CC1. The van der Waals surface area contributed by atoms with Crippen LogP contribution in [0.2, 0.25) is 0 Å². The number of hydrogen-bond donors (Lipinski definition) is 1. The predicted octanol–water partition coefficient (Wildman–Crippen LogP) is 2.65. The van der Waals surface area contributed by atoms with Crippen LogP contribution in [0.25, 0.3) is 0 Å². The highest BCUT2D eigenvalue weighted by molar-refractivity contribution is 5.91. The average Bonchev–Trinajstić information content (AvgIpc) is 2.25. The molecule has 2 aliphatic rings. The first-order valence-corrected chi connectivity index (χ1v) is 6.49. The van der Waals surface area contributed by atoms with Crippen LogP contribution in [-0.4, -0.2) is 11.3 Å². The van der Waals surface area contributed by atoms with Crippen molar-refractivity contribution in [2.45, 2.75) is 63.8 Å². The smallest absolute Gasteiger partial charge is 0.155 e. The number of nitrogens with two attached hydrogens (primary N) is 1. The van der Waals surface area contributed by atoms with E-state index >= 15 is 0 Å². The highest BCUT2D eigenvalue weighted by Gasteiger charge is 2.43. The molecule has 0 heterocycles. The van der Waals surface area contributed by atoms with Gasteiger partial charge in [-0.1, -0.05) is 13.3 Å². The summed E-state index contributed by atoms with van der Waals surface area (Å²) in [7, 11) is 0. The quantitative estimate of drug-likeness (QED) is 0.776. The Morgan fingerprint density at radius 2 is 1.87 bits per heavy atom. The molecule has 0 atom stereocenters. The maximum atomic E-state index is 12.2. The van der Waals surface area contributed by atoms with E-state index < -0.39 is 5.54 Å². The predicted molar refractivity (Wildman–Crippen MR) is 61.5 cm³/mol. The maximum absolute atomic E-state index is 12.2. The van der Waals surface area contributed by atoms with Gasteiger partial charge < -0.3 is 5.73 Å². The minimum atomic E-state index is -0.413. The second-order valence-electron chi connectivity index (χ2n) is 5.50. The zero-order valence-corrected chi connectivity index (χ0v) is 9.80. The van der Waals surface area contributed by atoms with Crippen molar-refractivity contribution in [2.24, 2.45) is 17.6 Å². The number of carbonyl (C=O) groups excluding carboxylic acids is 1. The first-order chi connectivity index (χ1) is 7.15. The Hall–Kier alpha value is -0.370. The van der Waals surface area contributed by atoms with Gasteiger partial charge in [0.1, 0.15) is 0 Å². The molecule has 2 nitrogen and oxygen atoms in total. The number of rotatable bonds is 3. The van der Waals surface area contributed by atoms with Crippen LogP contribution in [0.4, 0.5) is 0 Å². The Morgan fingerprint density at radius 1 is 1.27 bits per heavy atom. The Labute approximate surface area is 92.6 Å². The van der Waals surface area contributed by atoms with Crippen molar-refractivity contribution in [1.29, 1.82) is 0 Å². The van der Waals surface area contributed by atoms with Crippen molar-refractivity contribution in [2.75, 3.05) is 0 Å². The Morgan fingerprint density at radius 3 is 2.27 bits per heavy atom. The van der Waals surface area contributed by atoms with Gasteiger partial charge in [-0.25, -0.2) is 0 Å². The largest absolute Gasteiger partial charge is 0.319 e. The summed E-state index contributed by atoms with van der Waals surface area (Å²) >= 11 is 0. The molecule has 0 aromatic heterocycles. The van der Waals surface area contributed by atoms with Crippen LogP contribution in [0.5, 0.6) is 0 Å². The fourth-order valence-corrected chi connectivity index (χ4v) is 3.04. The minimum Gasteiger partial charge on any atom is -0.319 e. The Bertz CT molecular complexity index is 237. The van der Waals surface area contributed by atoms with Crippen LogP contribution in [-0.2, 0) is 4.79 Å². The summed E-state index contributed by atoms with van der Waals surface area (Å²) < 4.78 is 0. The lowest BCUT2D eigenvalue weighted by Gasteiger charge is -2.40. The van der Waals surface area contributed by atoms with Gasteiger partial charge >= 0.3 is 0 Å². The summed E-state index contributed by atoms with van der Waals surface area (Å²) in [6, 6.07) is 0. The number of carbonyl (C=O) groups is 1. The zero-order chi connectivity index (χ0) is 10.9. The topological polar surface area (TPSA) is 43.1 Å². The van der Waals surface area contributed by atoms with E-state index in [1.165, 1.54) is 19.3 Å². The van der Waals surface area contributed by atoms with Crippen LogP contribution in [0, 0.1) is 11.8 Å². The van der Waals surface area contributed by atoms with E-state index in [9.17, 15) is 4.79 Å². The third-order valence-electron chi connectivity index (χ3n) is 4.53. The highest BCUT2D eigenvalue weighted by Crippen LogP contribution is 2.38. The van der Waals surface area contributed by atoms with E-state index in [0.717, 1.165) is 38.0 Å². The number of Topliss-reactive ketones (excluding diaryl/α,β-unsaturated/α-hetero) is 1. The second kappa shape index (κ2) is 4.25. The number of hydrogen-bond acceptors (Lipinski definition) is 2. The van der Waals surface area contributed by atoms with E-state index in [-0.39, 0.29) is 5.92 Å². The summed E-state index contributed by atoms with van der Waals surface area (Å²) in [4.78, 5) is 12.2. The lowest BCUT2D eigenvalue weighted by atomic mass is 9.67. The fraction of sp³-hybridized carbons (Fsp3) is 0.923. The molecule has 2 rings (SSSR count). The molecule has 0 aromatic carbocycles. The molecule has 86 valence electrons.